The lowest BCUT2D eigenvalue weighted by molar-refractivity contribution is 0.230. The van der Waals surface area contributed by atoms with Crippen LogP contribution in [0.15, 0.2) is 12.1 Å². The largest absolute Gasteiger partial charge is 0.364 e. The molecule has 4 nitrogen and oxygen atoms in total. The van der Waals surface area contributed by atoms with Gasteiger partial charge in [0, 0.05) is 0 Å². The van der Waals surface area contributed by atoms with E-state index >= 15 is 0 Å². The Kier molecular flexibility index (Phi) is 5.22. The van der Waals surface area contributed by atoms with Crippen LogP contribution in [0.4, 0.5) is 0 Å². The van der Waals surface area contributed by atoms with Gasteiger partial charge in [-0.2, -0.15) is 0 Å². The molecule has 0 saturated carbocycles. The lowest BCUT2D eigenvalue weighted by Crippen LogP contribution is -2.13. The van der Waals surface area contributed by atoms with Crippen LogP contribution in [0, 0.1) is 0 Å². The van der Waals surface area contributed by atoms with Crippen LogP contribution in [0.1, 0.15) is 13.8 Å². The molecule has 0 saturated heterocycles. The van der Waals surface area contributed by atoms with Crippen molar-refractivity contribution in [1.82, 2.24) is 4.98 Å². The number of hydrogen-bond acceptors (Lipinski definition) is 4. The van der Waals surface area contributed by atoms with Gasteiger partial charge in [0.25, 0.3) is 0 Å². The minimum atomic E-state index is -3.38. The first-order valence-electron chi connectivity index (χ1n) is 4.75. The summed E-state index contributed by atoms with van der Waals surface area (Å²) < 4.78 is 22.6. The summed E-state index contributed by atoms with van der Waals surface area (Å²) in [5.41, 5.74) is 0. The molecule has 7 heteroatoms. The highest BCUT2D eigenvalue weighted by molar-refractivity contribution is 7.62. The molecule has 0 radical (unpaired) electrons. The first-order chi connectivity index (χ1) is 7.53. The van der Waals surface area contributed by atoms with E-state index in [0.29, 0.717) is 0 Å². The van der Waals surface area contributed by atoms with Crippen molar-refractivity contribution < 1.29 is 13.6 Å². The predicted molar refractivity (Wildman–Crippen MR) is 64.7 cm³/mol. The molecule has 0 N–H and O–H groups in total. The third kappa shape index (κ3) is 3.19. The molecule has 0 fully saturated rings. The second-order valence-corrected chi connectivity index (χ2v) is 5.52. The molecule has 1 rings (SSSR count). The Balaban J connectivity index is 3.15. The van der Waals surface area contributed by atoms with Gasteiger partial charge in [-0.15, -0.1) is 0 Å². The smallest absolute Gasteiger partial charge is 0.305 e. The molecular weight excluding hydrogens is 272 g/mol. The van der Waals surface area contributed by atoms with E-state index in [1.165, 1.54) is 12.1 Å². The Morgan fingerprint density at radius 2 is 1.81 bits per heavy atom. The number of nitrogens with zero attached hydrogens (tertiary/aromatic N) is 1. The molecule has 0 aliphatic rings. The molecule has 90 valence electrons. The van der Waals surface area contributed by atoms with Crippen molar-refractivity contribution in [3.8, 4) is 0 Å². The number of pyridine rings is 1. The number of halogens is 2. The summed E-state index contributed by atoms with van der Waals surface area (Å²) in [6.07, 6.45) is 0. The van der Waals surface area contributed by atoms with Crippen molar-refractivity contribution in [2.75, 3.05) is 13.2 Å². The molecule has 0 aliphatic carbocycles. The molecule has 1 aromatic rings. The maximum absolute atomic E-state index is 12.3. The summed E-state index contributed by atoms with van der Waals surface area (Å²) in [5.74, 6) is 0. The van der Waals surface area contributed by atoms with Crippen LogP contribution < -0.4 is 5.30 Å². The molecule has 0 amide bonds. The Morgan fingerprint density at radius 3 is 2.25 bits per heavy atom. The van der Waals surface area contributed by atoms with E-state index in [2.05, 4.69) is 4.98 Å². The first kappa shape index (κ1) is 13.9. The highest BCUT2D eigenvalue weighted by Crippen LogP contribution is 2.48. The van der Waals surface area contributed by atoms with E-state index < -0.39 is 7.60 Å². The third-order valence-corrected chi connectivity index (χ3v) is 4.47. The molecule has 0 spiro atoms. The maximum atomic E-state index is 12.3. The van der Waals surface area contributed by atoms with Crippen molar-refractivity contribution in [2.45, 2.75) is 13.8 Å². The van der Waals surface area contributed by atoms with Gasteiger partial charge >= 0.3 is 7.60 Å². The SMILES string of the molecule is CCOP(=O)(OCC)c1ccc(Cl)nc1Cl. The van der Waals surface area contributed by atoms with Gasteiger partial charge in [0.2, 0.25) is 0 Å². The van der Waals surface area contributed by atoms with Gasteiger partial charge in [-0.1, -0.05) is 23.2 Å². The van der Waals surface area contributed by atoms with E-state index in [1.54, 1.807) is 13.8 Å². The Bertz CT molecular complexity index is 404. The number of rotatable bonds is 5. The fourth-order valence-corrected chi connectivity index (χ4v) is 3.35. The minimum Gasteiger partial charge on any atom is -0.305 e. The fraction of sp³-hybridized carbons (Fsp3) is 0.444. The molecule has 0 atom stereocenters. The summed E-state index contributed by atoms with van der Waals surface area (Å²) in [6, 6.07) is 3.00. The normalized spacial score (nSPS) is 11.8. The number of hydrogen-bond donors (Lipinski definition) is 0. The summed E-state index contributed by atoms with van der Waals surface area (Å²) >= 11 is 11.5. The van der Waals surface area contributed by atoms with Crippen molar-refractivity contribution >= 4 is 36.1 Å². The molecule has 1 aromatic heterocycles. The van der Waals surface area contributed by atoms with Crippen LogP contribution in [0.25, 0.3) is 0 Å². The van der Waals surface area contributed by atoms with Crippen LogP contribution in [0.5, 0.6) is 0 Å². The topological polar surface area (TPSA) is 48.4 Å². The minimum absolute atomic E-state index is 0.0396. The Hall–Kier alpha value is -0.120. The molecule has 0 bridgehead atoms. The zero-order valence-electron chi connectivity index (χ0n) is 8.94. The Morgan fingerprint density at radius 1 is 1.25 bits per heavy atom. The van der Waals surface area contributed by atoms with Gasteiger partial charge < -0.3 is 9.05 Å². The zero-order valence-corrected chi connectivity index (χ0v) is 11.4. The average molecular weight is 284 g/mol. The molecular formula is C9H12Cl2NO3P. The maximum Gasteiger partial charge on any atom is 0.364 e. The second kappa shape index (κ2) is 5.99. The number of aromatic nitrogens is 1. The van der Waals surface area contributed by atoms with Gasteiger partial charge in [0.05, 0.1) is 13.2 Å². The second-order valence-electron chi connectivity index (χ2n) is 2.78. The van der Waals surface area contributed by atoms with E-state index in [9.17, 15) is 4.57 Å². The van der Waals surface area contributed by atoms with Crippen molar-refractivity contribution in [3.63, 3.8) is 0 Å². The van der Waals surface area contributed by atoms with Crippen LogP contribution in [-0.4, -0.2) is 18.2 Å². The monoisotopic (exact) mass is 283 g/mol. The third-order valence-electron chi connectivity index (χ3n) is 1.69. The molecule has 0 aliphatic heterocycles. The molecule has 16 heavy (non-hydrogen) atoms. The quantitative estimate of drug-likeness (QED) is 0.615. The van der Waals surface area contributed by atoms with Gasteiger partial charge in [0.15, 0.2) is 0 Å². The van der Waals surface area contributed by atoms with E-state index in [-0.39, 0.29) is 28.8 Å². The lowest BCUT2D eigenvalue weighted by Gasteiger charge is -2.17. The lowest BCUT2D eigenvalue weighted by atomic mass is 10.5. The fourth-order valence-electron chi connectivity index (χ4n) is 1.13. The summed E-state index contributed by atoms with van der Waals surface area (Å²) in [6.45, 7) is 3.97. The van der Waals surface area contributed by atoms with Crippen LogP contribution in [0.2, 0.25) is 10.3 Å². The average Bonchev–Trinajstić information content (AvgIpc) is 2.17. The predicted octanol–water partition coefficient (Wildman–Crippen LogP) is 3.28. The van der Waals surface area contributed by atoms with E-state index in [1.807, 2.05) is 0 Å². The standard InChI is InChI=1S/C9H12Cl2NO3P/c1-3-14-16(13,15-4-2)7-5-6-8(10)12-9(7)11/h5-6H,3-4H2,1-2H3. The molecule has 0 unspecified atom stereocenters. The van der Waals surface area contributed by atoms with Crippen LogP contribution in [0.3, 0.4) is 0 Å². The molecule has 0 aromatic carbocycles. The van der Waals surface area contributed by atoms with E-state index in [0.717, 1.165) is 0 Å². The Labute approximate surface area is 104 Å². The van der Waals surface area contributed by atoms with Gasteiger partial charge in [-0.05, 0) is 26.0 Å². The van der Waals surface area contributed by atoms with Crippen LogP contribution >= 0.6 is 30.8 Å². The summed E-state index contributed by atoms with van der Waals surface area (Å²) in [5, 5.41) is 0.508. The summed E-state index contributed by atoms with van der Waals surface area (Å²) in [4.78, 5) is 3.80. The van der Waals surface area contributed by atoms with Crippen molar-refractivity contribution in [1.29, 1.82) is 0 Å². The first-order valence-corrected chi connectivity index (χ1v) is 7.05. The summed E-state index contributed by atoms with van der Waals surface area (Å²) in [7, 11) is -3.38. The van der Waals surface area contributed by atoms with E-state index in [4.69, 9.17) is 32.2 Å². The van der Waals surface area contributed by atoms with Crippen molar-refractivity contribution in [3.05, 3.63) is 22.4 Å². The van der Waals surface area contributed by atoms with Gasteiger partial charge in [-0.3, -0.25) is 4.57 Å². The van der Waals surface area contributed by atoms with Gasteiger partial charge in [-0.25, -0.2) is 4.98 Å². The molecule has 1 heterocycles. The van der Waals surface area contributed by atoms with Crippen molar-refractivity contribution in [2.24, 2.45) is 0 Å². The van der Waals surface area contributed by atoms with Gasteiger partial charge in [0.1, 0.15) is 15.6 Å². The highest BCUT2D eigenvalue weighted by Gasteiger charge is 2.30. The zero-order chi connectivity index (χ0) is 12.2. The highest BCUT2D eigenvalue weighted by atomic mass is 35.5. The van der Waals surface area contributed by atoms with Crippen LogP contribution in [-0.2, 0) is 13.6 Å².